The largest absolute Gasteiger partial charge is 0.480 e. The zero-order chi connectivity index (χ0) is 15.6. The van der Waals surface area contributed by atoms with Gasteiger partial charge in [-0.05, 0) is 19.1 Å². The lowest BCUT2D eigenvalue weighted by atomic mass is 10.1. The SMILES string of the molecule is CC(C(=O)O)N1CCN(c2c(F)cc(C#N)cc2F)CC1. The zero-order valence-electron chi connectivity index (χ0n) is 11.5. The molecule has 1 aromatic rings. The van der Waals surface area contributed by atoms with Gasteiger partial charge in [0.15, 0.2) is 11.6 Å². The van der Waals surface area contributed by atoms with Gasteiger partial charge in [-0.25, -0.2) is 8.78 Å². The number of halogens is 2. The van der Waals surface area contributed by atoms with E-state index in [-0.39, 0.29) is 11.3 Å². The lowest BCUT2D eigenvalue weighted by molar-refractivity contribution is -0.142. The van der Waals surface area contributed by atoms with E-state index >= 15 is 0 Å². The van der Waals surface area contributed by atoms with E-state index in [0.717, 1.165) is 12.1 Å². The number of carbonyl (C=O) groups is 1. The molecule has 0 radical (unpaired) electrons. The van der Waals surface area contributed by atoms with Crippen molar-refractivity contribution in [2.75, 3.05) is 31.1 Å². The Hall–Kier alpha value is -2.20. The summed E-state index contributed by atoms with van der Waals surface area (Å²) >= 11 is 0. The summed E-state index contributed by atoms with van der Waals surface area (Å²) in [7, 11) is 0. The monoisotopic (exact) mass is 295 g/mol. The average Bonchev–Trinajstić information content (AvgIpc) is 2.46. The minimum Gasteiger partial charge on any atom is -0.480 e. The van der Waals surface area contributed by atoms with Crippen LogP contribution in [0.3, 0.4) is 0 Å². The van der Waals surface area contributed by atoms with Crippen molar-refractivity contribution >= 4 is 11.7 Å². The van der Waals surface area contributed by atoms with Crippen molar-refractivity contribution < 1.29 is 18.7 Å². The highest BCUT2D eigenvalue weighted by Crippen LogP contribution is 2.26. The van der Waals surface area contributed by atoms with Crippen molar-refractivity contribution in [1.29, 1.82) is 5.26 Å². The summed E-state index contributed by atoms with van der Waals surface area (Å²) in [5.41, 5.74) is -0.219. The topological polar surface area (TPSA) is 67.6 Å². The molecular formula is C14H15F2N3O2. The second kappa shape index (κ2) is 6.06. The Morgan fingerprint density at radius 3 is 2.24 bits per heavy atom. The van der Waals surface area contributed by atoms with E-state index in [2.05, 4.69) is 0 Å². The second-order valence-electron chi connectivity index (χ2n) is 4.94. The lowest BCUT2D eigenvalue weighted by Crippen LogP contribution is -2.52. The molecule has 1 unspecified atom stereocenters. The van der Waals surface area contributed by atoms with E-state index in [9.17, 15) is 13.6 Å². The van der Waals surface area contributed by atoms with E-state index in [1.807, 2.05) is 0 Å². The van der Waals surface area contributed by atoms with E-state index in [1.165, 1.54) is 4.90 Å². The number of rotatable bonds is 3. The highest BCUT2D eigenvalue weighted by Gasteiger charge is 2.27. The molecule has 2 rings (SSSR count). The molecule has 1 fully saturated rings. The van der Waals surface area contributed by atoms with Gasteiger partial charge in [-0.1, -0.05) is 0 Å². The molecule has 0 saturated carbocycles. The highest BCUT2D eigenvalue weighted by atomic mass is 19.1. The van der Waals surface area contributed by atoms with E-state index in [4.69, 9.17) is 10.4 Å². The van der Waals surface area contributed by atoms with Gasteiger partial charge >= 0.3 is 5.97 Å². The van der Waals surface area contributed by atoms with Crippen LogP contribution in [0.15, 0.2) is 12.1 Å². The van der Waals surface area contributed by atoms with E-state index in [1.54, 1.807) is 17.9 Å². The summed E-state index contributed by atoms with van der Waals surface area (Å²) in [6.07, 6.45) is 0. The highest BCUT2D eigenvalue weighted by molar-refractivity contribution is 5.73. The van der Waals surface area contributed by atoms with Crippen LogP contribution < -0.4 is 4.90 Å². The van der Waals surface area contributed by atoms with Crippen molar-refractivity contribution in [3.8, 4) is 6.07 Å². The Labute approximate surface area is 121 Å². The number of benzene rings is 1. The molecule has 7 heteroatoms. The van der Waals surface area contributed by atoms with Gasteiger partial charge in [0.25, 0.3) is 0 Å². The maximum Gasteiger partial charge on any atom is 0.320 e. The normalized spacial score (nSPS) is 17.3. The van der Waals surface area contributed by atoms with Gasteiger partial charge in [0, 0.05) is 26.2 Å². The van der Waals surface area contributed by atoms with Gasteiger partial charge < -0.3 is 10.0 Å². The molecule has 5 nitrogen and oxygen atoms in total. The molecule has 1 atom stereocenters. The van der Waals surface area contributed by atoms with Crippen LogP contribution in [-0.2, 0) is 4.79 Å². The quantitative estimate of drug-likeness (QED) is 0.913. The van der Waals surface area contributed by atoms with E-state index < -0.39 is 23.6 Å². The van der Waals surface area contributed by atoms with Crippen LogP contribution in [0.2, 0.25) is 0 Å². The number of piperazine rings is 1. The van der Waals surface area contributed by atoms with Gasteiger partial charge in [-0.2, -0.15) is 5.26 Å². The Kier molecular flexibility index (Phi) is 4.38. The van der Waals surface area contributed by atoms with Crippen molar-refractivity contribution in [2.24, 2.45) is 0 Å². The standard InChI is InChI=1S/C14H15F2N3O2/c1-9(14(20)21)18-2-4-19(5-3-18)13-11(15)6-10(8-17)7-12(13)16/h6-7,9H,2-5H2,1H3,(H,20,21). The van der Waals surface area contributed by atoms with Gasteiger partial charge in [0.2, 0.25) is 0 Å². The molecule has 1 aliphatic heterocycles. The fourth-order valence-electron chi connectivity index (χ4n) is 2.42. The molecule has 0 amide bonds. The van der Waals surface area contributed by atoms with Crippen LogP contribution in [0.1, 0.15) is 12.5 Å². The third-order valence-electron chi connectivity index (χ3n) is 3.68. The number of aliphatic carboxylic acids is 1. The molecule has 1 heterocycles. The molecule has 0 aromatic heterocycles. The van der Waals surface area contributed by atoms with Crippen molar-refractivity contribution in [3.63, 3.8) is 0 Å². The van der Waals surface area contributed by atoms with Crippen molar-refractivity contribution in [3.05, 3.63) is 29.3 Å². The number of nitriles is 1. The first-order chi connectivity index (χ1) is 9.93. The number of anilines is 1. The molecule has 0 bridgehead atoms. The molecule has 1 aliphatic rings. The van der Waals surface area contributed by atoms with Crippen LogP contribution in [0.25, 0.3) is 0 Å². The minimum absolute atomic E-state index is 0.0631. The van der Waals surface area contributed by atoms with Crippen LogP contribution in [-0.4, -0.2) is 48.2 Å². The summed E-state index contributed by atoms with van der Waals surface area (Å²) in [6, 6.07) is 3.09. The third-order valence-corrected chi connectivity index (χ3v) is 3.68. The Balaban J connectivity index is 2.13. The molecule has 21 heavy (non-hydrogen) atoms. The fraction of sp³-hybridized carbons (Fsp3) is 0.429. The number of nitrogens with zero attached hydrogens (tertiary/aromatic N) is 3. The number of carboxylic acids is 1. The molecule has 1 N–H and O–H groups in total. The first kappa shape index (κ1) is 15.2. The summed E-state index contributed by atoms with van der Waals surface area (Å²) in [5.74, 6) is -2.46. The molecule has 0 spiro atoms. The Bertz CT molecular complexity index is 569. The Morgan fingerprint density at radius 1 is 1.29 bits per heavy atom. The molecule has 1 saturated heterocycles. The zero-order valence-corrected chi connectivity index (χ0v) is 11.5. The second-order valence-corrected chi connectivity index (χ2v) is 4.94. The van der Waals surface area contributed by atoms with Crippen molar-refractivity contribution in [1.82, 2.24) is 4.90 Å². The van der Waals surface area contributed by atoms with Crippen LogP contribution in [0, 0.1) is 23.0 Å². The van der Waals surface area contributed by atoms with Crippen LogP contribution >= 0.6 is 0 Å². The first-order valence-corrected chi connectivity index (χ1v) is 6.55. The third kappa shape index (κ3) is 3.11. The van der Waals surface area contributed by atoms with Gasteiger partial charge in [0.1, 0.15) is 11.7 Å². The molecular weight excluding hydrogens is 280 g/mol. The fourth-order valence-corrected chi connectivity index (χ4v) is 2.42. The van der Waals surface area contributed by atoms with E-state index in [0.29, 0.717) is 26.2 Å². The first-order valence-electron chi connectivity index (χ1n) is 6.55. The smallest absolute Gasteiger partial charge is 0.320 e. The average molecular weight is 295 g/mol. The Morgan fingerprint density at radius 2 is 1.81 bits per heavy atom. The maximum atomic E-state index is 13.9. The predicted molar refractivity (Wildman–Crippen MR) is 72.0 cm³/mol. The molecule has 1 aromatic carbocycles. The van der Waals surface area contributed by atoms with Gasteiger partial charge in [-0.15, -0.1) is 0 Å². The summed E-state index contributed by atoms with van der Waals surface area (Å²) in [4.78, 5) is 14.2. The van der Waals surface area contributed by atoms with Gasteiger partial charge in [0.05, 0.1) is 11.6 Å². The summed E-state index contributed by atoms with van der Waals surface area (Å²) < 4.78 is 27.9. The predicted octanol–water partition coefficient (Wildman–Crippen LogP) is 1.43. The van der Waals surface area contributed by atoms with Crippen molar-refractivity contribution in [2.45, 2.75) is 13.0 Å². The van der Waals surface area contributed by atoms with Crippen LogP contribution in [0.5, 0.6) is 0 Å². The molecule has 0 aliphatic carbocycles. The number of hydrogen-bond donors (Lipinski definition) is 1. The minimum atomic E-state index is -0.917. The number of hydrogen-bond acceptors (Lipinski definition) is 4. The van der Waals surface area contributed by atoms with Crippen LogP contribution in [0.4, 0.5) is 14.5 Å². The molecule has 112 valence electrons. The summed E-state index contributed by atoms with van der Waals surface area (Å²) in [6.45, 7) is 3.06. The number of carboxylic acid groups (broad SMARTS) is 1. The summed E-state index contributed by atoms with van der Waals surface area (Å²) in [5, 5.41) is 17.6. The maximum absolute atomic E-state index is 13.9. The van der Waals surface area contributed by atoms with Gasteiger partial charge in [-0.3, -0.25) is 9.69 Å². The lowest BCUT2D eigenvalue weighted by Gasteiger charge is -2.37.